The summed E-state index contributed by atoms with van der Waals surface area (Å²) >= 11 is 0. The first-order valence-corrected chi connectivity index (χ1v) is 6.34. The van der Waals surface area contributed by atoms with Crippen LogP contribution in [0.25, 0.3) is 0 Å². The molecule has 6 heteroatoms. The predicted octanol–water partition coefficient (Wildman–Crippen LogP) is 1.89. The van der Waals surface area contributed by atoms with Gasteiger partial charge < -0.3 is 10.7 Å². The van der Waals surface area contributed by atoms with Gasteiger partial charge in [-0.3, -0.25) is 4.79 Å². The molecule has 0 unspecified atom stereocenters. The topological polar surface area (TPSA) is 92.9 Å². The lowest BCUT2D eigenvalue weighted by molar-refractivity contribution is 0.102. The van der Waals surface area contributed by atoms with Gasteiger partial charge in [0.15, 0.2) is 0 Å². The molecule has 0 fully saturated rings. The summed E-state index contributed by atoms with van der Waals surface area (Å²) in [5, 5.41) is 2.74. The molecule has 20 heavy (non-hydrogen) atoms. The Labute approximate surface area is 117 Å². The summed E-state index contributed by atoms with van der Waals surface area (Å²) in [5.41, 5.74) is 4.79. The molecular weight excluding hydrogens is 254 g/mol. The molecule has 0 atom stereocenters. The number of hydrogen-bond acceptors (Lipinski definition) is 5. The van der Waals surface area contributed by atoms with Crippen LogP contribution in [-0.2, 0) is 6.42 Å². The molecule has 2 rings (SSSR count). The Morgan fingerprint density at radius 2 is 2.10 bits per heavy atom. The quantitative estimate of drug-likeness (QED) is 0.583. The third-order valence-electron chi connectivity index (χ3n) is 2.80. The Hall–Kier alpha value is -2.47. The average Bonchev–Trinajstić information content (AvgIpc) is 2.48. The van der Waals surface area contributed by atoms with Crippen molar-refractivity contribution in [1.29, 1.82) is 0 Å². The van der Waals surface area contributed by atoms with Crippen LogP contribution < -0.4 is 16.6 Å². The summed E-state index contributed by atoms with van der Waals surface area (Å²) in [6, 6.07) is 6.99. The maximum atomic E-state index is 12.2. The fourth-order valence-corrected chi connectivity index (χ4v) is 1.70. The highest BCUT2D eigenvalue weighted by molar-refractivity contribution is 6.04. The van der Waals surface area contributed by atoms with Crippen molar-refractivity contribution in [2.45, 2.75) is 20.3 Å². The molecule has 2 heterocycles. The van der Waals surface area contributed by atoms with Crippen LogP contribution in [0.5, 0.6) is 0 Å². The summed E-state index contributed by atoms with van der Waals surface area (Å²) in [4.78, 5) is 20.6. The highest BCUT2D eigenvalue weighted by atomic mass is 16.1. The minimum atomic E-state index is -0.241. The fraction of sp³-hybridized carbons (Fsp3) is 0.214. The van der Waals surface area contributed by atoms with Gasteiger partial charge in [0.25, 0.3) is 5.91 Å². The molecule has 6 nitrogen and oxygen atoms in total. The molecule has 0 radical (unpaired) electrons. The fourth-order valence-electron chi connectivity index (χ4n) is 1.70. The summed E-state index contributed by atoms with van der Waals surface area (Å²) in [6.07, 6.45) is 2.42. The molecule has 104 valence electrons. The van der Waals surface area contributed by atoms with E-state index in [1.165, 1.54) is 0 Å². The number of pyridine rings is 2. The third-order valence-corrected chi connectivity index (χ3v) is 2.80. The van der Waals surface area contributed by atoms with E-state index in [-0.39, 0.29) is 5.91 Å². The van der Waals surface area contributed by atoms with E-state index in [9.17, 15) is 4.79 Å². The number of nitrogens with two attached hydrogens (primary N) is 1. The number of nitrogens with one attached hydrogen (secondary N) is 2. The van der Waals surface area contributed by atoms with E-state index in [1.807, 2.05) is 19.9 Å². The molecule has 0 saturated heterocycles. The van der Waals surface area contributed by atoms with Crippen LogP contribution in [0.1, 0.15) is 28.5 Å². The molecule has 0 aromatic carbocycles. The monoisotopic (exact) mass is 271 g/mol. The highest BCUT2D eigenvalue weighted by Crippen LogP contribution is 2.13. The molecule has 0 spiro atoms. The second kappa shape index (κ2) is 6.12. The van der Waals surface area contributed by atoms with E-state index in [0.717, 1.165) is 17.7 Å². The molecule has 0 bridgehead atoms. The van der Waals surface area contributed by atoms with Crippen molar-refractivity contribution in [3.8, 4) is 0 Å². The smallest absolute Gasteiger partial charge is 0.257 e. The first kappa shape index (κ1) is 14.0. The molecular formula is C14H17N5O. The van der Waals surface area contributed by atoms with Crippen LogP contribution in [0.3, 0.4) is 0 Å². The van der Waals surface area contributed by atoms with Gasteiger partial charge in [0.1, 0.15) is 11.6 Å². The normalized spacial score (nSPS) is 10.2. The zero-order chi connectivity index (χ0) is 14.5. The maximum Gasteiger partial charge on any atom is 0.257 e. The lowest BCUT2D eigenvalue weighted by Crippen LogP contribution is -2.16. The number of hydrogen-bond donors (Lipinski definition) is 3. The molecule has 0 aliphatic heterocycles. The predicted molar refractivity (Wildman–Crippen MR) is 78.4 cm³/mol. The standard InChI is InChI=1S/C14H17N5O/c1-3-11-6-10(7-13(17-11)19-15)14(20)18-12-5-4-9(2)8-16-12/h4-8H,3,15H2,1-2H3,(H,17,19)(H,16,18,20). The third kappa shape index (κ3) is 3.30. The highest BCUT2D eigenvalue weighted by Gasteiger charge is 2.10. The van der Waals surface area contributed by atoms with Crippen LogP contribution in [-0.4, -0.2) is 15.9 Å². The van der Waals surface area contributed by atoms with Gasteiger partial charge in [0, 0.05) is 17.5 Å². The molecule has 4 N–H and O–H groups in total. The number of nitrogens with zero attached hydrogens (tertiary/aromatic N) is 2. The van der Waals surface area contributed by atoms with Crippen molar-refractivity contribution in [3.05, 3.63) is 47.3 Å². The SMILES string of the molecule is CCc1cc(C(=O)Nc2ccc(C)cn2)cc(NN)n1. The zero-order valence-electron chi connectivity index (χ0n) is 11.5. The van der Waals surface area contributed by atoms with E-state index in [2.05, 4.69) is 20.7 Å². The Morgan fingerprint density at radius 3 is 2.70 bits per heavy atom. The Kier molecular flexibility index (Phi) is 4.27. The van der Waals surface area contributed by atoms with Gasteiger partial charge in [-0.2, -0.15) is 0 Å². The van der Waals surface area contributed by atoms with Crippen LogP contribution >= 0.6 is 0 Å². The van der Waals surface area contributed by atoms with Crippen molar-refractivity contribution in [2.24, 2.45) is 5.84 Å². The number of hydrazine groups is 1. The van der Waals surface area contributed by atoms with Gasteiger partial charge >= 0.3 is 0 Å². The molecule has 1 amide bonds. The van der Waals surface area contributed by atoms with Gasteiger partial charge in [-0.25, -0.2) is 15.8 Å². The second-order valence-electron chi connectivity index (χ2n) is 4.41. The van der Waals surface area contributed by atoms with Gasteiger partial charge in [-0.05, 0) is 37.1 Å². The van der Waals surface area contributed by atoms with E-state index >= 15 is 0 Å². The molecule has 0 aliphatic rings. The van der Waals surface area contributed by atoms with Gasteiger partial charge in [-0.15, -0.1) is 0 Å². The largest absolute Gasteiger partial charge is 0.308 e. The number of carbonyl (C=O) groups excluding carboxylic acids is 1. The van der Waals surface area contributed by atoms with Gasteiger partial charge in [-0.1, -0.05) is 13.0 Å². The molecule has 0 aliphatic carbocycles. The number of aryl methyl sites for hydroxylation is 2. The number of amides is 1. The Balaban J connectivity index is 2.22. The van der Waals surface area contributed by atoms with Gasteiger partial charge in [0.2, 0.25) is 0 Å². The lowest BCUT2D eigenvalue weighted by Gasteiger charge is -2.08. The Bertz CT molecular complexity index is 587. The molecule has 2 aromatic heterocycles. The summed E-state index contributed by atoms with van der Waals surface area (Å²) < 4.78 is 0. The van der Waals surface area contributed by atoms with Crippen molar-refractivity contribution in [3.63, 3.8) is 0 Å². The minimum Gasteiger partial charge on any atom is -0.308 e. The minimum absolute atomic E-state index is 0.241. The van der Waals surface area contributed by atoms with Crippen LogP contribution in [0.15, 0.2) is 30.5 Å². The summed E-state index contributed by atoms with van der Waals surface area (Å²) in [6.45, 7) is 3.90. The van der Waals surface area contributed by atoms with Crippen LogP contribution in [0.2, 0.25) is 0 Å². The van der Waals surface area contributed by atoms with E-state index in [0.29, 0.717) is 17.2 Å². The van der Waals surface area contributed by atoms with Crippen LogP contribution in [0, 0.1) is 6.92 Å². The average molecular weight is 271 g/mol. The second-order valence-corrected chi connectivity index (χ2v) is 4.41. The van der Waals surface area contributed by atoms with Gasteiger partial charge in [0.05, 0.1) is 0 Å². The molecule has 0 saturated carbocycles. The van der Waals surface area contributed by atoms with E-state index in [1.54, 1.807) is 24.4 Å². The number of nitrogen functional groups attached to an aromatic ring is 1. The number of carbonyl (C=O) groups is 1. The van der Waals surface area contributed by atoms with E-state index in [4.69, 9.17) is 5.84 Å². The first-order valence-electron chi connectivity index (χ1n) is 6.34. The zero-order valence-corrected chi connectivity index (χ0v) is 11.5. The maximum absolute atomic E-state index is 12.2. The van der Waals surface area contributed by atoms with Crippen molar-refractivity contribution in [2.75, 3.05) is 10.7 Å². The van der Waals surface area contributed by atoms with Crippen molar-refractivity contribution in [1.82, 2.24) is 9.97 Å². The summed E-state index contributed by atoms with van der Waals surface area (Å²) in [5.74, 6) is 6.09. The van der Waals surface area contributed by atoms with Crippen LogP contribution in [0.4, 0.5) is 11.6 Å². The van der Waals surface area contributed by atoms with E-state index < -0.39 is 0 Å². The number of anilines is 2. The van der Waals surface area contributed by atoms with Crippen molar-refractivity contribution < 1.29 is 4.79 Å². The Morgan fingerprint density at radius 1 is 1.30 bits per heavy atom. The first-order chi connectivity index (χ1) is 9.62. The lowest BCUT2D eigenvalue weighted by atomic mass is 10.2. The molecule has 2 aromatic rings. The van der Waals surface area contributed by atoms with Crippen molar-refractivity contribution >= 4 is 17.5 Å². The number of rotatable bonds is 4. The summed E-state index contributed by atoms with van der Waals surface area (Å²) in [7, 11) is 0. The number of aromatic nitrogens is 2.